The molecule has 0 heterocycles. The highest BCUT2D eigenvalue weighted by Crippen LogP contribution is 2.35. The first-order valence-corrected chi connectivity index (χ1v) is 7.04. The van der Waals surface area contributed by atoms with E-state index < -0.39 is 28.5 Å². The summed E-state index contributed by atoms with van der Waals surface area (Å²) in [6.45, 7) is -0.0248. The van der Waals surface area contributed by atoms with E-state index in [-0.39, 0.29) is 17.3 Å². The standard InChI is InChI=1S/C15H10Cl2FNO4/c16-11-9(14(20)21)6-10(18)12(17)13(11)19-15(22)23-7-8-4-2-1-3-5-8/h1-6H,7H2,(H,19,22)(H,20,21). The van der Waals surface area contributed by atoms with Gasteiger partial charge in [0, 0.05) is 0 Å². The second-order valence-corrected chi connectivity index (χ2v) is 5.16. The molecule has 2 rings (SSSR count). The van der Waals surface area contributed by atoms with Crippen LogP contribution in [-0.2, 0) is 11.3 Å². The van der Waals surface area contributed by atoms with E-state index in [9.17, 15) is 14.0 Å². The van der Waals surface area contributed by atoms with Gasteiger partial charge in [0.2, 0.25) is 0 Å². The number of hydrogen-bond acceptors (Lipinski definition) is 3. The van der Waals surface area contributed by atoms with Gasteiger partial charge in [-0.15, -0.1) is 0 Å². The first kappa shape index (κ1) is 17.1. The van der Waals surface area contributed by atoms with E-state index in [1.54, 1.807) is 24.3 Å². The van der Waals surface area contributed by atoms with E-state index in [2.05, 4.69) is 5.32 Å². The number of aromatic carboxylic acids is 1. The third kappa shape index (κ3) is 4.12. The van der Waals surface area contributed by atoms with Crippen molar-refractivity contribution in [1.29, 1.82) is 0 Å². The zero-order chi connectivity index (χ0) is 17.0. The van der Waals surface area contributed by atoms with Crippen molar-refractivity contribution in [3.8, 4) is 0 Å². The van der Waals surface area contributed by atoms with Gasteiger partial charge >= 0.3 is 12.1 Å². The smallest absolute Gasteiger partial charge is 0.412 e. The maximum Gasteiger partial charge on any atom is 0.412 e. The monoisotopic (exact) mass is 357 g/mol. The van der Waals surface area contributed by atoms with E-state index >= 15 is 0 Å². The normalized spacial score (nSPS) is 10.2. The number of carbonyl (C=O) groups excluding carboxylic acids is 1. The molecule has 1 amide bonds. The Balaban J connectivity index is 2.16. The highest BCUT2D eigenvalue weighted by atomic mass is 35.5. The number of anilines is 1. The Kier molecular flexibility index (Phi) is 5.41. The van der Waals surface area contributed by atoms with Crippen LogP contribution in [0.25, 0.3) is 0 Å². The second-order valence-electron chi connectivity index (χ2n) is 4.40. The van der Waals surface area contributed by atoms with Gasteiger partial charge in [0.05, 0.1) is 16.3 Å². The van der Waals surface area contributed by atoms with Crippen molar-refractivity contribution in [3.05, 3.63) is 63.4 Å². The van der Waals surface area contributed by atoms with Crippen LogP contribution in [0, 0.1) is 5.82 Å². The predicted octanol–water partition coefficient (Wildman–Crippen LogP) is 4.58. The molecule has 0 saturated heterocycles. The lowest BCUT2D eigenvalue weighted by atomic mass is 10.2. The van der Waals surface area contributed by atoms with E-state index in [1.165, 1.54) is 0 Å². The van der Waals surface area contributed by atoms with Crippen molar-refractivity contribution in [2.75, 3.05) is 5.32 Å². The Hall–Kier alpha value is -2.31. The minimum absolute atomic E-state index is 0.0248. The Morgan fingerprint density at radius 2 is 1.83 bits per heavy atom. The summed E-state index contributed by atoms with van der Waals surface area (Å²) in [6.07, 6.45) is -0.945. The maximum absolute atomic E-state index is 13.6. The predicted molar refractivity (Wildman–Crippen MR) is 83.6 cm³/mol. The number of halogens is 3. The molecule has 0 aliphatic carbocycles. The van der Waals surface area contributed by atoms with Crippen LogP contribution < -0.4 is 5.32 Å². The molecule has 120 valence electrons. The van der Waals surface area contributed by atoms with Gasteiger partial charge < -0.3 is 9.84 Å². The SMILES string of the molecule is O=C(Nc1c(Cl)c(F)cc(C(=O)O)c1Cl)OCc1ccccc1. The van der Waals surface area contributed by atoms with Crippen LogP contribution in [0.3, 0.4) is 0 Å². The largest absolute Gasteiger partial charge is 0.478 e. The number of rotatable bonds is 4. The lowest BCUT2D eigenvalue weighted by molar-refractivity contribution is 0.0696. The molecule has 0 fully saturated rings. The van der Waals surface area contributed by atoms with Crippen LogP contribution in [0.2, 0.25) is 10.0 Å². The molecule has 0 unspecified atom stereocenters. The molecule has 2 aromatic carbocycles. The molecular weight excluding hydrogens is 348 g/mol. The van der Waals surface area contributed by atoms with Gasteiger partial charge in [0.25, 0.3) is 0 Å². The number of carboxylic acids is 1. The van der Waals surface area contributed by atoms with Crippen molar-refractivity contribution in [1.82, 2.24) is 0 Å². The minimum Gasteiger partial charge on any atom is -0.478 e. The molecular formula is C15H10Cl2FNO4. The first-order chi connectivity index (χ1) is 10.9. The van der Waals surface area contributed by atoms with Crippen molar-refractivity contribution < 1.29 is 23.8 Å². The molecule has 2 aromatic rings. The molecule has 8 heteroatoms. The number of benzene rings is 2. The van der Waals surface area contributed by atoms with E-state index in [0.29, 0.717) is 6.07 Å². The van der Waals surface area contributed by atoms with Crippen LogP contribution in [0.5, 0.6) is 0 Å². The Morgan fingerprint density at radius 3 is 2.43 bits per heavy atom. The average molecular weight is 358 g/mol. The summed E-state index contributed by atoms with van der Waals surface area (Å²) >= 11 is 11.6. The summed E-state index contributed by atoms with van der Waals surface area (Å²) in [5, 5.41) is 10.2. The van der Waals surface area contributed by atoms with Gasteiger partial charge in [-0.2, -0.15) is 0 Å². The van der Waals surface area contributed by atoms with Crippen LogP contribution in [0.4, 0.5) is 14.9 Å². The van der Waals surface area contributed by atoms with Gasteiger partial charge in [0.1, 0.15) is 17.4 Å². The number of carboxylic acid groups (broad SMARTS) is 1. The molecule has 0 spiro atoms. The second kappa shape index (κ2) is 7.30. The van der Waals surface area contributed by atoms with Crippen molar-refractivity contribution in [2.24, 2.45) is 0 Å². The number of ether oxygens (including phenoxy) is 1. The molecule has 23 heavy (non-hydrogen) atoms. The zero-order valence-electron chi connectivity index (χ0n) is 11.5. The highest BCUT2D eigenvalue weighted by Gasteiger charge is 2.21. The molecule has 0 atom stereocenters. The van der Waals surface area contributed by atoms with Gasteiger partial charge in [-0.05, 0) is 11.6 Å². The van der Waals surface area contributed by atoms with E-state index in [4.69, 9.17) is 33.0 Å². The average Bonchev–Trinajstić information content (AvgIpc) is 2.53. The van der Waals surface area contributed by atoms with Crippen molar-refractivity contribution in [3.63, 3.8) is 0 Å². The van der Waals surface area contributed by atoms with Gasteiger partial charge in [-0.3, -0.25) is 5.32 Å². The Labute approximate surface area is 140 Å². The molecule has 0 aromatic heterocycles. The lowest BCUT2D eigenvalue weighted by Crippen LogP contribution is -2.15. The quantitative estimate of drug-likeness (QED) is 0.785. The fourth-order valence-electron chi connectivity index (χ4n) is 1.73. The number of carbonyl (C=O) groups is 2. The van der Waals surface area contributed by atoms with Gasteiger partial charge in [-0.25, -0.2) is 14.0 Å². The molecule has 0 aliphatic heterocycles. The van der Waals surface area contributed by atoms with Gasteiger partial charge in [0.15, 0.2) is 0 Å². The minimum atomic E-state index is -1.45. The third-order valence-electron chi connectivity index (χ3n) is 2.83. The molecule has 2 N–H and O–H groups in total. The fourth-order valence-corrected chi connectivity index (χ4v) is 2.25. The summed E-state index contributed by atoms with van der Waals surface area (Å²) in [4.78, 5) is 22.8. The Morgan fingerprint density at radius 1 is 1.17 bits per heavy atom. The molecule has 0 aliphatic rings. The van der Waals surface area contributed by atoms with E-state index in [0.717, 1.165) is 5.56 Å². The summed E-state index contributed by atoms with van der Waals surface area (Å²) in [5.74, 6) is -2.47. The van der Waals surface area contributed by atoms with Crippen molar-refractivity contribution >= 4 is 41.0 Å². The Bertz CT molecular complexity index is 753. The molecule has 0 saturated carbocycles. The maximum atomic E-state index is 13.6. The van der Waals surface area contributed by atoms with Crippen LogP contribution in [0.1, 0.15) is 15.9 Å². The number of hydrogen-bond donors (Lipinski definition) is 2. The molecule has 0 radical (unpaired) electrons. The van der Waals surface area contributed by atoms with Crippen LogP contribution in [-0.4, -0.2) is 17.2 Å². The summed E-state index contributed by atoms with van der Waals surface area (Å²) in [5.41, 5.74) is -0.138. The first-order valence-electron chi connectivity index (χ1n) is 6.28. The molecule has 0 bridgehead atoms. The van der Waals surface area contributed by atoms with Gasteiger partial charge in [-0.1, -0.05) is 53.5 Å². The zero-order valence-corrected chi connectivity index (χ0v) is 13.0. The number of nitrogens with one attached hydrogen (secondary N) is 1. The van der Waals surface area contributed by atoms with Crippen molar-refractivity contribution in [2.45, 2.75) is 6.61 Å². The van der Waals surface area contributed by atoms with E-state index in [1.807, 2.05) is 6.07 Å². The van der Waals surface area contributed by atoms with Crippen LogP contribution >= 0.6 is 23.2 Å². The molecule has 5 nitrogen and oxygen atoms in total. The lowest BCUT2D eigenvalue weighted by Gasteiger charge is -2.12. The highest BCUT2D eigenvalue weighted by molar-refractivity contribution is 6.41. The number of amides is 1. The summed E-state index contributed by atoms with van der Waals surface area (Å²) in [6, 6.07) is 9.53. The van der Waals surface area contributed by atoms with Crippen LogP contribution in [0.15, 0.2) is 36.4 Å². The summed E-state index contributed by atoms with van der Waals surface area (Å²) in [7, 11) is 0. The third-order valence-corrected chi connectivity index (χ3v) is 3.59. The topological polar surface area (TPSA) is 75.6 Å². The summed E-state index contributed by atoms with van der Waals surface area (Å²) < 4.78 is 18.6. The fraction of sp³-hybridized carbons (Fsp3) is 0.0667.